The second-order valence-corrected chi connectivity index (χ2v) is 12.2. The number of likely N-dealkylation sites (tertiary alicyclic amines) is 1. The van der Waals surface area contributed by atoms with Crippen LogP contribution in [0.15, 0.2) is 52.9 Å². The number of halogens is 4. The summed E-state index contributed by atoms with van der Waals surface area (Å²) in [7, 11) is -3.86. The fourth-order valence-electron chi connectivity index (χ4n) is 4.01. The number of carboxylic acids is 1. The Bertz CT molecular complexity index is 1730. The number of anilines is 2. The van der Waals surface area contributed by atoms with Gasteiger partial charge in [-0.3, -0.25) is 4.79 Å². The molecule has 212 valence electrons. The van der Waals surface area contributed by atoms with Crippen LogP contribution in [-0.2, 0) is 26.2 Å². The van der Waals surface area contributed by atoms with Crippen LogP contribution < -0.4 is 16.2 Å². The summed E-state index contributed by atoms with van der Waals surface area (Å²) < 4.78 is 61.1. The van der Waals surface area contributed by atoms with E-state index in [2.05, 4.69) is 9.71 Å². The molecule has 2 aromatic carbocycles. The van der Waals surface area contributed by atoms with Gasteiger partial charge in [-0.1, -0.05) is 17.7 Å². The zero-order chi connectivity index (χ0) is 29.4. The normalized spacial score (nSPS) is 15.8. The van der Waals surface area contributed by atoms with E-state index >= 15 is 0 Å². The molecule has 1 unspecified atom stereocenters. The molecule has 1 atom stereocenters. The first-order valence-corrected chi connectivity index (χ1v) is 14.1. The zero-order valence-electron chi connectivity index (χ0n) is 20.3. The second-order valence-electron chi connectivity index (χ2n) is 8.74. The number of aromatic nitrogens is 1. The molecule has 1 aliphatic rings. The molecule has 1 fully saturated rings. The third kappa shape index (κ3) is 6.38. The first kappa shape index (κ1) is 29.3. The number of pyridine rings is 1. The van der Waals surface area contributed by atoms with Gasteiger partial charge in [-0.25, -0.2) is 18.2 Å². The van der Waals surface area contributed by atoms with Crippen LogP contribution in [-0.4, -0.2) is 54.0 Å². The van der Waals surface area contributed by atoms with E-state index in [4.69, 9.17) is 33.0 Å². The van der Waals surface area contributed by atoms with Gasteiger partial charge in [0.1, 0.15) is 16.1 Å². The number of fused-ring (bicyclic) bond motifs is 2. The largest absolute Gasteiger partial charge is 0.490 e. The maximum atomic E-state index is 13.0. The average Bonchev–Trinajstić information content (AvgIpc) is 3.44. The first-order valence-electron chi connectivity index (χ1n) is 11.4. The quantitative estimate of drug-likeness (QED) is 0.244. The smallest absolute Gasteiger partial charge is 0.475 e. The van der Waals surface area contributed by atoms with Gasteiger partial charge in [0.25, 0.3) is 10.0 Å². The van der Waals surface area contributed by atoms with Crippen molar-refractivity contribution in [3.8, 4) is 0 Å². The molecular weight excluding hydrogens is 595 g/mol. The van der Waals surface area contributed by atoms with Gasteiger partial charge in [0.15, 0.2) is 0 Å². The van der Waals surface area contributed by atoms with Gasteiger partial charge in [0, 0.05) is 40.1 Å². The molecule has 0 spiro atoms. The van der Waals surface area contributed by atoms with E-state index in [1.807, 2.05) is 12.1 Å². The lowest BCUT2D eigenvalue weighted by Gasteiger charge is -2.19. The lowest BCUT2D eigenvalue weighted by atomic mass is 10.1. The Kier molecular flexibility index (Phi) is 8.12. The number of hydrogen-bond donors (Lipinski definition) is 4. The number of thiophene rings is 1. The van der Waals surface area contributed by atoms with Crippen LogP contribution in [0.2, 0.25) is 5.02 Å². The highest BCUT2D eigenvalue weighted by Crippen LogP contribution is 2.32. The minimum absolute atomic E-state index is 0.146. The van der Waals surface area contributed by atoms with E-state index in [9.17, 15) is 26.4 Å². The van der Waals surface area contributed by atoms with Crippen LogP contribution in [0.4, 0.5) is 24.7 Å². The van der Waals surface area contributed by atoms with Crippen LogP contribution >= 0.6 is 22.9 Å². The van der Waals surface area contributed by atoms with Gasteiger partial charge in [-0.05, 0) is 59.2 Å². The number of rotatable bonds is 5. The van der Waals surface area contributed by atoms with Crippen molar-refractivity contribution in [1.82, 2.24) is 14.6 Å². The van der Waals surface area contributed by atoms with Crippen LogP contribution in [0.3, 0.4) is 0 Å². The molecule has 6 N–H and O–H groups in total. The predicted molar refractivity (Wildman–Crippen MR) is 145 cm³/mol. The molecule has 10 nitrogen and oxygen atoms in total. The number of hydrogen-bond acceptors (Lipinski definition) is 8. The lowest BCUT2D eigenvalue weighted by Crippen LogP contribution is -2.41. The molecule has 1 aliphatic heterocycles. The van der Waals surface area contributed by atoms with Gasteiger partial charge < -0.3 is 21.5 Å². The standard InChI is InChI=1S/C22H20ClN5O3S2.C2HF3O2/c23-15-2-1-13-9-20(32-19(13)10-15)33(30,31)27-18-4-6-28(22(18)29)11-14-7-16-12(8-17(14)24)3-5-26-21(16)25;3-2(4,5)1(6)7/h1-3,5,7-10,18,27H,4,6,11,24H2,(H2,25,26);(H,6,7). The van der Waals surface area contributed by atoms with Crippen molar-refractivity contribution in [2.75, 3.05) is 18.0 Å². The fourth-order valence-corrected chi connectivity index (χ4v) is 6.93. The number of nitrogens with two attached hydrogens (primary N) is 2. The summed E-state index contributed by atoms with van der Waals surface area (Å²) in [6.07, 6.45) is -3.10. The van der Waals surface area contributed by atoms with Gasteiger partial charge in [0.05, 0.1) is 0 Å². The molecule has 40 heavy (non-hydrogen) atoms. The number of sulfonamides is 1. The van der Waals surface area contributed by atoms with E-state index in [0.29, 0.717) is 29.5 Å². The number of carbonyl (C=O) groups is 2. The molecular formula is C24H21ClF3N5O5S2. The van der Waals surface area contributed by atoms with Gasteiger partial charge in [0.2, 0.25) is 5.91 Å². The Balaban J connectivity index is 0.000000470. The highest BCUT2D eigenvalue weighted by Gasteiger charge is 2.38. The molecule has 1 amide bonds. The van der Waals surface area contributed by atoms with E-state index in [-0.39, 0.29) is 16.7 Å². The molecule has 0 radical (unpaired) electrons. The number of nitrogen functional groups attached to an aromatic ring is 2. The van der Waals surface area contributed by atoms with Crippen LogP contribution in [0.25, 0.3) is 20.9 Å². The average molecular weight is 616 g/mol. The summed E-state index contributed by atoms with van der Waals surface area (Å²) in [5.74, 6) is -2.66. The van der Waals surface area contributed by atoms with Crippen molar-refractivity contribution in [2.24, 2.45) is 0 Å². The Morgan fingerprint density at radius 3 is 2.55 bits per heavy atom. The molecule has 0 saturated carbocycles. The van der Waals surface area contributed by atoms with E-state index in [1.54, 1.807) is 41.4 Å². The molecule has 2 aromatic heterocycles. The molecule has 4 aromatic rings. The third-order valence-electron chi connectivity index (χ3n) is 5.98. The van der Waals surface area contributed by atoms with E-state index in [0.717, 1.165) is 37.8 Å². The third-order valence-corrected chi connectivity index (χ3v) is 9.26. The first-order chi connectivity index (χ1) is 18.7. The molecule has 5 rings (SSSR count). The fraction of sp³-hybridized carbons (Fsp3) is 0.208. The number of nitrogens with one attached hydrogen (secondary N) is 1. The molecule has 0 aliphatic carbocycles. The SMILES string of the molecule is Nc1cc2ccnc(N)c2cc1CN1CCC(NS(=O)(=O)c2cc3ccc(Cl)cc3s2)C1=O.O=C(O)C(F)(F)F. The minimum atomic E-state index is -5.08. The minimum Gasteiger partial charge on any atom is -0.475 e. The lowest BCUT2D eigenvalue weighted by molar-refractivity contribution is -0.192. The highest BCUT2D eigenvalue weighted by molar-refractivity contribution is 7.91. The number of carboxylic acid groups (broad SMARTS) is 1. The molecule has 1 saturated heterocycles. The Hall–Kier alpha value is -3.66. The van der Waals surface area contributed by atoms with Crippen molar-refractivity contribution in [3.05, 3.63) is 59.2 Å². The summed E-state index contributed by atoms with van der Waals surface area (Å²) in [4.78, 5) is 27.6. The molecule has 0 bridgehead atoms. The summed E-state index contributed by atoms with van der Waals surface area (Å²) in [6.45, 7) is 0.669. The topological polar surface area (TPSA) is 169 Å². The maximum absolute atomic E-state index is 13.0. The summed E-state index contributed by atoms with van der Waals surface area (Å²) in [6, 6.07) is 11.4. The highest BCUT2D eigenvalue weighted by atomic mass is 35.5. The maximum Gasteiger partial charge on any atom is 0.490 e. The van der Waals surface area contributed by atoms with Crippen molar-refractivity contribution in [2.45, 2.75) is 29.4 Å². The Labute approximate surface area is 234 Å². The van der Waals surface area contributed by atoms with Crippen LogP contribution in [0.5, 0.6) is 0 Å². The Morgan fingerprint density at radius 2 is 1.88 bits per heavy atom. The van der Waals surface area contributed by atoms with E-state index in [1.165, 1.54) is 0 Å². The number of carbonyl (C=O) groups excluding carboxylic acids is 1. The van der Waals surface area contributed by atoms with Crippen LogP contribution in [0.1, 0.15) is 12.0 Å². The van der Waals surface area contributed by atoms with Crippen molar-refractivity contribution >= 4 is 77.2 Å². The summed E-state index contributed by atoms with van der Waals surface area (Å²) >= 11 is 7.12. The predicted octanol–water partition coefficient (Wildman–Crippen LogP) is 3.98. The number of nitrogens with zero attached hydrogens (tertiary/aromatic N) is 2. The van der Waals surface area contributed by atoms with Crippen molar-refractivity contribution < 1.29 is 36.3 Å². The van der Waals surface area contributed by atoms with Crippen molar-refractivity contribution in [3.63, 3.8) is 0 Å². The van der Waals surface area contributed by atoms with E-state index < -0.39 is 28.2 Å². The van der Waals surface area contributed by atoms with Crippen molar-refractivity contribution in [1.29, 1.82) is 0 Å². The van der Waals surface area contributed by atoms with Gasteiger partial charge >= 0.3 is 12.1 Å². The number of benzene rings is 2. The number of alkyl halides is 3. The molecule has 3 heterocycles. The number of amides is 1. The van der Waals surface area contributed by atoms with Gasteiger partial charge in [-0.15, -0.1) is 11.3 Å². The van der Waals surface area contributed by atoms with Crippen LogP contribution in [0, 0.1) is 0 Å². The zero-order valence-corrected chi connectivity index (χ0v) is 22.7. The monoisotopic (exact) mass is 615 g/mol. The Morgan fingerprint density at radius 1 is 1.18 bits per heavy atom. The summed E-state index contributed by atoms with van der Waals surface area (Å²) in [5, 5.41) is 10.1. The second kappa shape index (κ2) is 11.1. The summed E-state index contributed by atoms with van der Waals surface area (Å²) in [5.41, 5.74) is 13.5. The number of aliphatic carboxylic acids is 1. The molecule has 16 heteroatoms. The van der Waals surface area contributed by atoms with Gasteiger partial charge in [-0.2, -0.15) is 17.9 Å².